The maximum atomic E-state index is 11.9. The first-order valence-corrected chi connectivity index (χ1v) is 13.0. The van der Waals surface area contributed by atoms with Crippen LogP contribution in [0.2, 0.25) is 0 Å². The minimum absolute atomic E-state index is 0.106. The number of aliphatic hydroxyl groups excluding tert-OH is 2. The number of nitrogens with one attached hydrogen (secondary N) is 1. The number of aromatic amines is 1. The van der Waals surface area contributed by atoms with E-state index in [9.17, 15) is 38.5 Å². The molecule has 1 aliphatic heterocycles. The van der Waals surface area contributed by atoms with Gasteiger partial charge in [0.1, 0.15) is 18.3 Å². The molecule has 1 aliphatic rings. The Balaban J connectivity index is 1.72. The van der Waals surface area contributed by atoms with Crippen LogP contribution in [-0.2, 0) is 31.6 Å². The maximum Gasteiger partial charge on any atom is 0.489 e. The normalized spacial score (nSPS) is 28.6. The van der Waals surface area contributed by atoms with Crippen molar-refractivity contribution in [3.05, 3.63) is 16.7 Å². The monoisotopic (exact) mass is 531 g/mol. The Bertz CT molecular complexity index is 1300. The zero-order valence-corrected chi connectivity index (χ0v) is 18.6. The van der Waals surface area contributed by atoms with E-state index in [1.165, 1.54) is 0 Å². The lowest BCUT2D eigenvalue weighted by molar-refractivity contribution is -0.0503. The van der Waals surface area contributed by atoms with Crippen LogP contribution < -0.4 is 11.3 Å². The molecule has 0 aromatic carbocycles. The Morgan fingerprint density at radius 1 is 1.21 bits per heavy atom. The molecular formula is C12H16N5O13P3. The summed E-state index contributed by atoms with van der Waals surface area (Å²) in [6, 6.07) is 0. The van der Waals surface area contributed by atoms with Gasteiger partial charge < -0.3 is 35.4 Å². The van der Waals surface area contributed by atoms with Crippen LogP contribution in [0.1, 0.15) is 6.23 Å². The quantitative estimate of drug-likeness (QED) is 0.148. The predicted octanol–water partition coefficient (Wildman–Crippen LogP) is -1.65. The number of aromatic nitrogens is 4. The molecule has 0 spiro atoms. The van der Waals surface area contributed by atoms with Crippen molar-refractivity contribution < 1.29 is 56.5 Å². The van der Waals surface area contributed by atoms with E-state index in [0.717, 1.165) is 16.6 Å². The zero-order valence-electron chi connectivity index (χ0n) is 15.9. The van der Waals surface area contributed by atoms with Crippen LogP contribution >= 0.6 is 23.2 Å². The molecule has 1 saturated heterocycles. The fraction of sp³-hybridized carbons (Fsp3) is 0.417. The fourth-order valence-electron chi connectivity index (χ4n) is 2.73. The van der Waals surface area contributed by atoms with E-state index in [2.05, 4.69) is 34.5 Å². The van der Waals surface area contributed by atoms with Gasteiger partial charge in [0.2, 0.25) is 5.95 Å². The van der Waals surface area contributed by atoms with Gasteiger partial charge in [-0.2, -0.15) is 13.6 Å². The van der Waals surface area contributed by atoms with Gasteiger partial charge >= 0.3 is 23.2 Å². The van der Waals surface area contributed by atoms with Crippen molar-refractivity contribution in [3.63, 3.8) is 0 Å². The van der Waals surface area contributed by atoms with Gasteiger partial charge in [-0.25, -0.2) is 18.7 Å². The molecule has 33 heavy (non-hydrogen) atoms. The van der Waals surface area contributed by atoms with Gasteiger partial charge in [0.15, 0.2) is 17.4 Å². The van der Waals surface area contributed by atoms with E-state index in [1.54, 1.807) is 0 Å². The lowest BCUT2D eigenvalue weighted by Crippen LogP contribution is -2.33. The number of phosphoric acid groups is 2. The molecule has 1 fully saturated rings. The molecule has 21 heteroatoms. The number of nitrogen functional groups attached to an aromatic ring is 1. The van der Waals surface area contributed by atoms with Crippen LogP contribution in [0.15, 0.2) is 11.1 Å². The number of anilines is 1. The minimum Gasteiger partial charge on any atom is -0.387 e. The second kappa shape index (κ2) is 9.01. The summed E-state index contributed by atoms with van der Waals surface area (Å²) in [6.45, 7) is -0.989. The highest BCUT2D eigenvalue weighted by molar-refractivity contribution is 7.70. The molecule has 3 rings (SSSR count). The largest absolute Gasteiger partial charge is 0.489 e. The Hall–Kier alpha value is -1.96. The molecule has 0 radical (unpaired) electrons. The first-order valence-electron chi connectivity index (χ1n) is 8.42. The summed E-state index contributed by atoms with van der Waals surface area (Å²) in [6.07, 6.45) is -0.664. The molecule has 3 heterocycles. The molecule has 7 unspecified atom stereocenters. The number of nitrogens with zero attached hydrogens (tertiary/aromatic N) is 3. The van der Waals surface area contributed by atoms with Gasteiger partial charge in [0.25, 0.3) is 5.56 Å². The van der Waals surface area contributed by atoms with Crippen LogP contribution in [-0.4, -0.2) is 69.3 Å². The van der Waals surface area contributed by atoms with Crippen LogP contribution in [0.5, 0.6) is 0 Å². The second-order valence-electron chi connectivity index (χ2n) is 6.37. The third-order valence-electron chi connectivity index (χ3n) is 4.05. The summed E-state index contributed by atoms with van der Waals surface area (Å²) in [5, 5.41) is 20.5. The van der Waals surface area contributed by atoms with Crippen molar-refractivity contribution in [2.45, 2.75) is 24.5 Å². The number of nitrogens with two attached hydrogens (primary N) is 1. The first kappa shape index (κ1) is 25.7. The topological polar surface area (TPSA) is 279 Å². The van der Waals surface area contributed by atoms with E-state index < -0.39 is 59.9 Å². The van der Waals surface area contributed by atoms with E-state index >= 15 is 0 Å². The van der Waals surface area contributed by atoms with Gasteiger partial charge in [0.05, 0.1) is 12.9 Å². The number of imidazole rings is 1. The number of rotatable bonds is 8. The molecule has 0 saturated carbocycles. The number of ether oxygens (including phenoxy) is 1. The lowest BCUT2D eigenvalue weighted by Gasteiger charge is -2.19. The van der Waals surface area contributed by atoms with Crippen molar-refractivity contribution in [1.29, 1.82) is 0 Å². The highest BCUT2D eigenvalue weighted by Crippen LogP contribution is 2.67. The Morgan fingerprint density at radius 2 is 1.88 bits per heavy atom. The second-order valence-corrected chi connectivity index (χ2v) is 11.1. The molecule has 0 amide bonds. The molecule has 7 atom stereocenters. The van der Waals surface area contributed by atoms with E-state index in [0.29, 0.717) is 0 Å². The van der Waals surface area contributed by atoms with Crippen LogP contribution in [0.25, 0.3) is 11.2 Å². The maximum absolute atomic E-state index is 11.9. The fourth-order valence-corrected chi connectivity index (χ4v) is 5.99. The number of H-pyrrole nitrogens is 1. The summed E-state index contributed by atoms with van der Waals surface area (Å²) in [7, 11) is -16.1. The molecule has 0 aliphatic carbocycles. The van der Waals surface area contributed by atoms with Crippen molar-refractivity contribution in [1.82, 2.24) is 19.5 Å². The van der Waals surface area contributed by atoms with Crippen LogP contribution in [0.4, 0.5) is 5.95 Å². The highest BCUT2D eigenvalue weighted by atomic mass is 31.3. The SMILES string of the molecule is C#CP(=O)(O)OP(=O)(O)OP(=O)(O)OCC1OC(n2cnc3c(=O)[nH]c(N)nc32)C(O)C1O. The van der Waals surface area contributed by atoms with Gasteiger partial charge in [-0.1, -0.05) is 0 Å². The predicted molar refractivity (Wildman–Crippen MR) is 105 cm³/mol. The lowest BCUT2D eigenvalue weighted by atomic mass is 10.1. The van der Waals surface area contributed by atoms with Crippen molar-refractivity contribution >= 4 is 40.4 Å². The van der Waals surface area contributed by atoms with Crippen LogP contribution in [0, 0.1) is 12.1 Å². The van der Waals surface area contributed by atoms with Gasteiger partial charge in [0, 0.05) is 5.66 Å². The molecular weight excluding hydrogens is 515 g/mol. The number of fused-ring (bicyclic) bond motifs is 1. The van der Waals surface area contributed by atoms with E-state index in [4.69, 9.17) is 15.4 Å². The summed E-state index contributed by atoms with van der Waals surface area (Å²) >= 11 is 0. The van der Waals surface area contributed by atoms with E-state index in [-0.39, 0.29) is 17.1 Å². The molecule has 0 bridgehead atoms. The van der Waals surface area contributed by atoms with Crippen molar-refractivity contribution in [3.8, 4) is 12.1 Å². The van der Waals surface area contributed by atoms with Crippen molar-refractivity contribution in [2.24, 2.45) is 0 Å². The third kappa shape index (κ3) is 5.76. The molecule has 8 N–H and O–H groups in total. The zero-order chi connectivity index (χ0) is 24.8. The summed E-state index contributed by atoms with van der Waals surface area (Å²) < 4.78 is 53.1. The first-order chi connectivity index (χ1) is 15.1. The summed E-state index contributed by atoms with van der Waals surface area (Å²) in [5.74, 6) is -0.270. The summed E-state index contributed by atoms with van der Waals surface area (Å²) in [5.41, 5.74) is 5.68. The number of terminal acetylenes is 1. The Labute approximate surface area is 182 Å². The van der Waals surface area contributed by atoms with Crippen LogP contribution in [0.3, 0.4) is 0 Å². The minimum atomic E-state index is -5.64. The Kier molecular flexibility index (Phi) is 7.00. The molecule has 2 aromatic rings. The van der Waals surface area contributed by atoms with E-state index in [1.807, 2.05) is 0 Å². The van der Waals surface area contributed by atoms with Gasteiger partial charge in [-0.05, 0) is 0 Å². The third-order valence-corrected chi connectivity index (χ3v) is 8.21. The Morgan fingerprint density at radius 3 is 2.52 bits per heavy atom. The standard InChI is InChI=1S/C12H16N5O13P3/c1-2-31(21,22)29-33(25,26)30-32(23,24)27-3-5-7(18)8(19)11(28-5)17-4-14-6-9(17)15-12(13)16-10(6)20/h1,4-5,7-8,11,18-19H,3H2,(H,21,22)(H,23,24)(H,25,26)(H3,13,15,16,20). The molecule has 18 nitrogen and oxygen atoms in total. The smallest absolute Gasteiger partial charge is 0.387 e. The summed E-state index contributed by atoms with van der Waals surface area (Å²) in [4.78, 5) is 49.7. The average Bonchev–Trinajstić information content (AvgIpc) is 3.20. The van der Waals surface area contributed by atoms with Crippen molar-refractivity contribution in [2.75, 3.05) is 12.3 Å². The molecule has 2 aromatic heterocycles. The van der Waals surface area contributed by atoms with Gasteiger partial charge in [-0.3, -0.25) is 18.9 Å². The number of hydrogen-bond donors (Lipinski definition) is 7. The number of phosphoric ester groups is 1. The van der Waals surface area contributed by atoms with Gasteiger partial charge in [-0.15, -0.1) is 6.42 Å². The number of hydrogen-bond acceptors (Lipinski definition) is 13. The highest BCUT2D eigenvalue weighted by Gasteiger charge is 2.47. The number of aliphatic hydroxyl groups is 2. The molecule has 182 valence electrons. The average molecular weight is 531 g/mol.